The molecule has 1 saturated carbocycles. The number of ether oxygens (including phenoxy) is 1. The van der Waals surface area contributed by atoms with Crippen molar-refractivity contribution in [2.45, 2.75) is 45.1 Å². The summed E-state index contributed by atoms with van der Waals surface area (Å²) in [6.07, 6.45) is 6.56. The van der Waals surface area contributed by atoms with E-state index in [4.69, 9.17) is 9.73 Å². The molecule has 1 saturated heterocycles. The standard InChI is InChI=1S/C21H34N4O2/c1-2-22-21(23-12-7-17-27-18-8-3-4-9-18)25-15-13-24(14-16-25)19-10-5-6-11-20(19)26/h5-6,10-11,18,26H,2-4,7-9,12-17H2,1H3,(H,22,23). The van der Waals surface area contributed by atoms with Crippen molar-refractivity contribution >= 4 is 11.6 Å². The number of anilines is 1. The quantitative estimate of drug-likeness (QED) is 0.437. The fourth-order valence-electron chi connectivity index (χ4n) is 3.87. The molecular formula is C21H34N4O2. The Kier molecular flexibility index (Phi) is 7.63. The van der Waals surface area contributed by atoms with Crippen LogP contribution in [0.15, 0.2) is 29.3 Å². The Morgan fingerprint density at radius 2 is 1.93 bits per heavy atom. The summed E-state index contributed by atoms with van der Waals surface area (Å²) in [7, 11) is 0. The summed E-state index contributed by atoms with van der Waals surface area (Å²) in [4.78, 5) is 9.36. The first-order chi connectivity index (χ1) is 13.3. The van der Waals surface area contributed by atoms with Gasteiger partial charge in [-0.25, -0.2) is 0 Å². The van der Waals surface area contributed by atoms with Crippen molar-refractivity contribution < 1.29 is 9.84 Å². The van der Waals surface area contributed by atoms with Crippen LogP contribution in [0.3, 0.4) is 0 Å². The minimum Gasteiger partial charge on any atom is -0.506 e. The second-order valence-electron chi connectivity index (χ2n) is 7.33. The van der Waals surface area contributed by atoms with Crippen LogP contribution in [0.2, 0.25) is 0 Å². The van der Waals surface area contributed by atoms with Crippen LogP contribution in [-0.4, -0.2) is 67.9 Å². The Labute approximate surface area is 163 Å². The van der Waals surface area contributed by atoms with Gasteiger partial charge in [0.1, 0.15) is 5.75 Å². The number of hydrogen-bond donors (Lipinski definition) is 2. The van der Waals surface area contributed by atoms with Crippen LogP contribution in [0.1, 0.15) is 39.0 Å². The van der Waals surface area contributed by atoms with Gasteiger partial charge in [-0.2, -0.15) is 0 Å². The Morgan fingerprint density at radius 3 is 2.63 bits per heavy atom. The number of benzene rings is 1. The molecule has 0 atom stereocenters. The summed E-state index contributed by atoms with van der Waals surface area (Å²) < 4.78 is 5.93. The largest absolute Gasteiger partial charge is 0.506 e. The van der Waals surface area contributed by atoms with Crippen molar-refractivity contribution in [1.82, 2.24) is 10.2 Å². The van der Waals surface area contributed by atoms with E-state index in [1.807, 2.05) is 18.2 Å². The zero-order valence-corrected chi connectivity index (χ0v) is 16.6. The molecule has 1 aliphatic carbocycles. The maximum absolute atomic E-state index is 10.1. The number of guanidine groups is 1. The van der Waals surface area contributed by atoms with Gasteiger partial charge >= 0.3 is 0 Å². The minimum absolute atomic E-state index is 0.355. The number of nitrogens with zero attached hydrogens (tertiary/aromatic N) is 3. The van der Waals surface area contributed by atoms with Crippen LogP contribution in [0, 0.1) is 0 Å². The smallest absolute Gasteiger partial charge is 0.194 e. The predicted molar refractivity (Wildman–Crippen MR) is 111 cm³/mol. The maximum atomic E-state index is 10.1. The third-order valence-electron chi connectivity index (χ3n) is 5.36. The molecule has 0 unspecified atom stereocenters. The number of para-hydroxylation sites is 2. The van der Waals surface area contributed by atoms with Crippen LogP contribution < -0.4 is 10.2 Å². The van der Waals surface area contributed by atoms with Crippen molar-refractivity contribution in [3.05, 3.63) is 24.3 Å². The first-order valence-electron chi connectivity index (χ1n) is 10.5. The van der Waals surface area contributed by atoms with Crippen LogP contribution in [0.5, 0.6) is 5.75 Å². The van der Waals surface area contributed by atoms with Gasteiger partial charge in [0.25, 0.3) is 0 Å². The summed E-state index contributed by atoms with van der Waals surface area (Å²) in [5.74, 6) is 1.35. The maximum Gasteiger partial charge on any atom is 0.194 e. The molecule has 1 aromatic carbocycles. The molecule has 6 nitrogen and oxygen atoms in total. The van der Waals surface area contributed by atoms with E-state index in [1.165, 1.54) is 25.7 Å². The van der Waals surface area contributed by atoms with E-state index >= 15 is 0 Å². The summed E-state index contributed by atoms with van der Waals surface area (Å²) in [5, 5.41) is 13.5. The van der Waals surface area contributed by atoms with Gasteiger partial charge in [0, 0.05) is 45.9 Å². The van der Waals surface area contributed by atoms with Crippen molar-refractivity contribution in [1.29, 1.82) is 0 Å². The fraction of sp³-hybridized carbons (Fsp3) is 0.667. The lowest BCUT2D eigenvalue weighted by molar-refractivity contribution is 0.0579. The lowest BCUT2D eigenvalue weighted by Gasteiger charge is -2.37. The topological polar surface area (TPSA) is 60.3 Å². The van der Waals surface area contributed by atoms with Gasteiger partial charge < -0.3 is 25.0 Å². The Bertz CT molecular complexity index is 594. The van der Waals surface area contributed by atoms with E-state index in [2.05, 4.69) is 22.0 Å². The average molecular weight is 375 g/mol. The second-order valence-corrected chi connectivity index (χ2v) is 7.33. The number of phenolic OH excluding ortho intramolecular Hbond substituents is 1. The fourth-order valence-corrected chi connectivity index (χ4v) is 3.87. The second kappa shape index (κ2) is 10.4. The molecule has 2 N–H and O–H groups in total. The summed E-state index contributed by atoms with van der Waals surface area (Å²) in [6, 6.07) is 7.57. The molecule has 2 fully saturated rings. The molecule has 1 aliphatic heterocycles. The molecule has 0 aromatic heterocycles. The van der Waals surface area contributed by atoms with Crippen molar-refractivity contribution in [3.8, 4) is 5.75 Å². The lowest BCUT2D eigenvalue weighted by atomic mass is 10.2. The Hall–Kier alpha value is -1.95. The molecule has 3 rings (SSSR count). The average Bonchev–Trinajstić information content (AvgIpc) is 3.21. The third-order valence-corrected chi connectivity index (χ3v) is 5.36. The zero-order valence-electron chi connectivity index (χ0n) is 16.6. The molecule has 0 bridgehead atoms. The van der Waals surface area contributed by atoms with Gasteiger partial charge in [-0.1, -0.05) is 25.0 Å². The van der Waals surface area contributed by atoms with Crippen LogP contribution >= 0.6 is 0 Å². The molecule has 27 heavy (non-hydrogen) atoms. The predicted octanol–water partition coefficient (Wildman–Crippen LogP) is 2.83. The van der Waals surface area contributed by atoms with E-state index in [1.54, 1.807) is 6.07 Å². The highest BCUT2D eigenvalue weighted by molar-refractivity contribution is 5.80. The normalized spacial score (nSPS) is 18.9. The molecule has 0 radical (unpaired) electrons. The minimum atomic E-state index is 0.355. The number of aromatic hydroxyl groups is 1. The number of phenols is 1. The van der Waals surface area contributed by atoms with E-state index in [-0.39, 0.29) is 0 Å². The van der Waals surface area contributed by atoms with E-state index < -0.39 is 0 Å². The van der Waals surface area contributed by atoms with Gasteiger partial charge in [-0.3, -0.25) is 4.99 Å². The van der Waals surface area contributed by atoms with Gasteiger partial charge in [-0.05, 0) is 38.3 Å². The number of aliphatic imine (C=N–C) groups is 1. The summed E-state index contributed by atoms with van der Waals surface area (Å²) in [6.45, 7) is 8.16. The SMILES string of the molecule is CCNC(=NCCCOC1CCCC1)N1CCN(c2ccccc2O)CC1. The Morgan fingerprint density at radius 1 is 1.19 bits per heavy atom. The first-order valence-corrected chi connectivity index (χ1v) is 10.5. The summed E-state index contributed by atoms with van der Waals surface area (Å²) in [5.41, 5.74) is 0.920. The molecule has 2 aliphatic rings. The lowest BCUT2D eigenvalue weighted by Crippen LogP contribution is -2.52. The van der Waals surface area contributed by atoms with Gasteiger partial charge in [0.15, 0.2) is 5.96 Å². The first kappa shape index (κ1) is 19.8. The van der Waals surface area contributed by atoms with E-state index in [9.17, 15) is 5.11 Å². The highest BCUT2D eigenvalue weighted by atomic mass is 16.5. The van der Waals surface area contributed by atoms with Crippen molar-refractivity contribution in [2.75, 3.05) is 50.8 Å². The highest BCUT2D eigenvalue weighted by Crippen LogP contribution is 2.27. The molecule has 6 heteroatoms. The van der Waals surface area contributed by atoms with Crippen LogP contribution in [0.25, 0.3) is 0 Å². The van der Waals surface area contributed by atoms with Gasteiger partial charge in [-0.15, -0.1) is 0 Å². The number of nitrogens with one attached hydrogen (secondary N) is 1. The van der Waals surface area contributed by atoms with Crippen LogP contribution in [-0.2, 0) is 4.74 Å². The van der Waals surface area contributed by atoms with Crippen LogP contribution in [0.4, 0.5) is 5.69 Å². The molecule has 150 valence electrons. The number of piperazine rings is 1. The van der Waals surface area contributed by atoms with Gasteiger partial charge in [0.05, 0.1) is 11.8 Å². The Balaban J connectivity index is 1.45. The number of hydrogen-bond acceptors (Lipinski definition) is 4. The van der Waals surface area contributed by atoms with E-state index in [0.29, 0.717) is 11.9 Å². The molecule has 1 aromatic rings. The third kappa shape index (κ3) is 5.76. The molecule has 0 spiro atoms. The molecule has 1 heterocycles. The highest BCUT2D eigenvalue weighted by Gasteiger charge is 2.21. The summed E-state index contributed by atoms with van der Waals surface area (Å²) >= 11 is 0. The van der Waals surface area contributed by atoms with Crippen molar-refractivity contribution in [3.63, 3.8) is 0 Å². The van der Waals surface area contributed by atoms with Crippen molar-refractivity contribution in [2.24, 2.45) is 4.99 Å². The van der Waals surface area contributed by atoms with Gasteiger partial charge in [0.2, 0.25) is 0 Å². The monoisotopic (exact) mass is 374 g/mol. The zero-order chi connectivity index (χ0) is 18.9. The number of rotatable bonds is 7. The van der Waals surface area contributed by atoms with E-state index in [0.717, 1.165) is 63.9 Å². The molecule has 0 amide bonds. The molecular weight excluding hydrogens is 340 g/mol.